The highest BCUT2D eigenvalue weighted by atomic mass is 16.6. The van der Waals surface area contributed by atoms with Gasteiger partial charge in [0.25, 0.3) is 0 Å². The molecule has 0 saturated heterocycles. The molecule has 2 N–H and O–H groups in total. The Morgan fingerprint density at radius 2 is 1.20 bits per heavy atom. The van der Waals surface area contributed by atoms with Crippen LogP contribution in [0.3, 0.4) is 0 Å². The predicted octanol–water partition coefficient (Wildman–Crippen LogP) is 0.624. The quantitative estimate of drug-likeness (QED) is 0.221. The maximum Gasteiger partial charge on any atom is 0.346 e. The number of hydrogen-bond acceptors (Lipinski definition) is 10. The van der Waals surface area contributed by atoms with Gasteiger partial charge in [-0.05, 0) is 12.1 Å². The van der Waals surface area contributed by atoms with Crippen LogP contribution in [0.4, 0.5) is 0 Å². The summed E-state index contributed by atoms with van der Waals surface area (Å²) in [6, 6.07) is 5.07. The minimum atomic E-state index is -1.25. The third kappa shape index (κ3) is 9.06. The molecule has 162 valence electrons. The topological polar surface area (TPSA) is 171 Å². The van der Waals surface area contributed by atoms with Gasteiger partial charge >= 0.3 is 35.8 Å². The fourth-order valence-electron chi connectivity index (χ4n) is 1.99. The number of carboxylic acids is 1. The molecular formula is C19H20O11. The SMILES string of the molecule is O=C(O)CCC(=O)OC(=O)c1ccccc1C(=O)OC(=O)CCC(=O)OCCCO. The van der Waals surface area contributed by atoms with Crippen LogP contribution in [0.15, 0.2) is 24.3 Å². The van der Waals surface area contributed by atoms with Crippen LogP contribution in [-0.2, 0) is 33.4 Å². The first-order valence-electron chi connectivity index (χ1n) is 8.82. The zero-order chi connectivity index (χ0) is 22.5. The van der Waals surface area contributed by atoms with Gasteiger partial charge in [-0.3, -0.25) is 19.2 Å². The summed E-state index contributed by atoms with van der Waals surface area (Å²) >= 11 is 0. The number of esters is 5. The van der Waals surface area contributed by atoms with Crippen LogP contribution in [0.2, 0.25) is 0 Å². The van der Waals surface area contributed by atoms with E-state index in [-0.39, 0.29) is 37.2 Å². The van der Waals surface area contributed by atoms with Crippen LogP contribution < -0.4 is 0 Å². The molecule has 0 aromatic heterocycles. The van der Waals surface area contributed by atoms with Gasteiger partial charge in [0.1, 0.15) is 0 Å². The van der Waals surface area contributed by atoms with Crippen LogP contribution in [0.1, 0.15) is 52.8 Å². The molecule has 0 amide bonds. The van der Waals surface area contributed by atoms with Crippen molar-refractivity contribution in [3.8, 4) is 0 Å². The Balaban J connectivity index is 2.65. The van der Waals surface area contributed by atoms with Crippen molar-refractivity contribution in [2.24, 2.45) is 0 Å². The highest BCUT2D eigenvalue weighted by molar-refractivity contribution is 6.08. The predicted molar refractivity (Wildman–Crippen MR) is 96.1 cm³/mol. The molecule has 0 bridgehead atoms. The van der Waals surface area contributed by atoms with Gasteiger partial charge in [0.15, 0.2) is 0 Å². The van der Waals surface area contributed by atoms with E-state index < -0.39 is 55.1 Å². The largest absolute Gasteiger partial charge is 0.481 e. The average molecular weight is 424 g/mol. The van der Waals surface area contributed by atoms with E-state index in [9.17, 15) is 28.8 Å². The second-order valence-electron chi connectivity index (χ2n) is 5.76. The van der Waals surface area contributed by atoms with Crippen molar-refractivity contribution in [2.75, 3.05) is 13.2 Å². The Morgan fingerprint density at radius 3 is 1.67 bits per heavy atom. The summed E-state index contributed by atoms with van der Waals surface area (Å²) in [5, 5.41) is 17.1. The van der Waals surface area contributed by atoms with Crippen LogP contribution >= 0.6 is 0 Å². The van der Waals surface area contributed by atoms with Crippen molar-refractivity contribution in [2.45, 2.75) is 32.1 Å². The minimum Gasteiger partial charge on any atom is -0.481 e. The molecule has 0 aliphatic carbocycles. The van der Waals surface area contributed by atoms with Crippen molar-refractivity contribution in [3.05, 3.63) is 35.4 Å². The first-order valence-corrected chi connectivity index (χ1v) is 8.82. The number of benzene rings is 1. The van der Waals surface area contributed by atoms with Gasteiger partial charge in [-0.15, -0.1) is 0 Å². The monoisotopic (exact) mass is 424 g/mol. The van der Waals surface area contributed by atoms with Crippen molar-refractivity contribution in [1.29, 1.82) is 0 Å². The van der Waals surface area contributed by atoms with Gasteiger partial charge in [-0.25, -0.2) is 9.59 Å². The zero-order valence-electron chi connectivity index (χ0n) is 15.8. The number of carbonyl (C=O) groups excluding carboxylic acids is 5. The van der Waals surface area contributed by atoms with Crippen molar-refractivity contribution >= 4 is 35.8 Å². The lowest BCUT2D eigenvalue weighted by Crippen LogP contribution is -2.20. The summed E-state index contributed by atoms with van der Waals surface area (Å²) < 4.78 is 13.8. The van der Waals surface area contributed by atoms with E-state index in [2.05, 4.69) is 9.47 Å². The fourth-order valence-corrected chi connectivity index (χ4v) is 1.99. The van der Waals surface area contributed by atoms with Crippen LogP contribution in [0, 0.1) is 0 Å². The fraction of sp³-hybridized carbons (Fsp3) is 0.368. The highest BCUT2D eigenvalue weighted by Gasteiger charge is 2.23. The molecule has 1 rings (SSSR count). The Morgan fingerprint density at radius 1 is 0.733 bits per heavy atom. The Labute approximate surface area is 170 Å². The summed E-state index contributed by atoms with van der Waals surface area (Å²) in [5.74, 6) is -6.51. The molecule has 0 heterocycles. The smallest absolute Gasteiger partial charge is 0.346 e. The second kappa shape index (κ2) is 12.8. The van der Waals surface area contributed by atoms with Crippen molar-refractivity contribution in [3.63, 3.8) is 0 Å². The summed E-state index contributed by atoms with van der Waals surface area (Å²) in [4.78, 5) is 69.4. The van der Waals surface area contributed by atoms with Crippen LogP contribution in [-0.4, -0.2) is 59.2 Å². The molecule has 0 aliphatic heterocycles. The number of hydrogen-bond donors (Lipinski definition) is 2. The maximum atomic E-state index is 12.2. The average Bonchev–Trinajstić information content (AvgIpc) is 2.70. The molecule has 30 heavy (non-hydrogen) atoms. The molecule has 11 nitrogen and oxygen atoms in total. The Bertz CT molecular complexity index is 812. The third-order valence-electron chi connectivity index (χ3n) is 3.42. The van der Waals surface area contributed by atoms with Crippen molar-refractivity contribution < 1.29 is 53.2 Å². The molecule has 11 heteroatoms. The lowest BCUT2D eigenvalue weighted by molar-refractivity contribution is -0.148. The number of aliphatic hydroxyl groups is 1. The van der Waals surface area contributed by atoms with Crippen LogP contribution in [0.5, 0.6) is 0 Å². The van der Waals surface area contributed by atoms with Gasteiger partial charge in [-0.2, -0.15) is 0 Å². The lowest BCUT2D eigenvalue weighted by atomic mass is 10.1. The van der Waals surface area contributed by atoms with Crippen molar-refractivity contribution in [1.82, 2.24) is 0 Å². The molecule has 0 saturated carbocycles. The van der Waals surface area contributed by atoms with Crippen LogP contribution in [0.25, 0.3) is 0 Å². The van der Waals surface area contributed by atoms with Gasteiger partial charge in [0, 0.05) is 13.0 Å². The molecule has 0 aliphatic rings. The van der Waals surface area contributed by atoms with E-state index in [0.717, 1.165) is 12.1 Å². The summed E-state index contributed by atoms with van der Waals surface area (Å²) in [6.45, 7) is -0.166. The standard InChI is InChI=1S/C19H20O11/c20-10-3-11-28-15(23)8-9-17(25)30-19(27)13-5-2-1-4-12(13)18(26)29-16(24)7-6-14(21)22/h1-2,4-5,20H,3,6-11H2,(H,21,22). The first-order chi connectivity index (χ1) is 14.2. The number of aliphatic carboxylic acids is 1. The van der Waals surface area contributed by atoms with E-state index in [1.165, 1.54) is 12.1 Å². The maximum absolute atomic E-state index is 12.2. The Hall–Kier alpha value is -3.60. The summed E-state index contributed by atoms with van der Waals surface area (Å²) in [5.41, 5.74) is -0.713. The Kier molecular flexibility index (Phi) is 10.4. The normalized spacial score (nSPS) is 10.0. The van der Waals surface area contributed by atoms with E-state index in [0.29, 0.717) is 0 Å². The van der Waals surface area contributed by atoms with Gasteiger partial charge in [0.05, 0.1) is 43.4 Å². The number of carbonyl (C=O) groups is 6. The van der Waals surface area contributed by atoms with E-state index in [1.54, 1.807) is 0 Å². The van der Waals surface area contributed by atoms with E-state index in [1.807, 2.05) is 0 Å². The zero-order valence-corrected chi connectivity index (χ0v) is 15.8. The summed E-state index contributed by atoms with van der Waals surface area (Å²) in [6.07, 6.45) is -1.63. The number of rotatable bonds is 11. The molecule has 1 aromatic rings. The molecule has 0 fully saturated rings. The lowest BCUT2D eigenvalue weighted by Gasteiger charge is -2.08. The minimum absolute atomic E-state index is 0.00994. The number of carboxylic acid groups (broad SMARTS) is 1. The van der Waals surface area contributed by atoms with E-state index in [4.69, 9.17) is 14.9 Å². The molecule has 0 atom stereocenters. The second-order valence-corrected chi connectivity index (χ2v) is 5.76. The van der Waals surface area contributed by atoms with Gasteiger partial charge in [0.2, 0.25) is 0 Å². The number of aliphatic hydroxyl groups excluding tert-OH is 1. The highest BCUT2D eigenvalue weighted by Crippen LogP contribution is 2.13. The molecule has 0 unspecified atom stereocenters. The summed E-state index contributed by atoms with van der Waals surface area (Å²) in [7, 11) is 0. The molecule has 0 radical (unpaired) electrons. The molecule has 1 aromatic carbocycles. The molecular weight excluding hydrogens is 404 g/mol. The first kappa shape index (κ1) is 24.4. The van der Waals surface area contributed by atoms with E-state index >= 15 is 0 Å². The van der Waals surface area contributed by atoms with Gasteiger partial charge < -0.3 is 24.4 Å². The number of ether oxygens (including phenoxy) is 3. The molecule has 0 spiro atoms. The van der Waals surface area contributed by atoms with Gasteiger partial charge in [-0.1, -0.05) is 12.1 Å². The third-order valence-corrected chi connectivity index (χ3v) is 3.42.